The number of carbonyl (C=O) groups excluding carboxylic acids is 1. The van der Waals surface area contributed by atoms with Crippen LogP contribution in [-0.2, 0) is 22.4 Å². The number of likely N-dealkylation sites (tertiary alicyclic amines) is 1. The smallest absolute Gasteiger partial charge is 0.328 e. The van der Waals surface area contributed by atoms with Crippen molar-refractivity contribution < 1.29 is 29.0 Å². The molecule has 3 N–H and O–H groups in total. The zero-order valence-electron chi connectivity index (χ0n) is 20.5. The van der Waals surface area contributed by atoms with Gasteiger partial charge in [-0.15, -0.1) is 0 Å². The molecule has 8 heteroatoms. The Morgan fingerprint density at radius 1 is 0.973 bits per heavy atom. The van der Waals surface area contributed by atoms with Crippen LogP contribution in [0.4, 0.5) is 4.39 Å². The molecule has 37 heavy (non-hydrogen) atoms. The van der Waals surface area contributed by atoms with Gasteiger partial charge >= 0.3 is 11.9 Å². The summed E-state index contributed by atoms with van der Waals surface area (Å²) in [6.45, 7) is 3.23. The Bertz CT molecular complexity index is 1280. The summed E-state index contributed by atoms with van der Waals surface area (Å²) in [6, 6.07) is 14.6. The van der Waals surface area contributed by atoms with Gasteiger partial charge in [-0.2, -0.15) is 0 Å². The van der Waals surface area contributed by atoms with Gasteiger partial charge in [0.05, 0.1) is 0 Å². The first kappa shape index (κ1) is 26.3. The lowest BCUT2D eigenvalue weighted by Crippen LogP contribution is -2.44. The number of aromatic nitrogens is 1. The highest BCUT2D eigenvalue weighted by atomic mass is 19.1. The molecule has 1 aliphatic heterocycles. The van der Waals surface area contributed by atoms with Crippen LogP contribution in [0.1, 0.15) is 40.9 Å². The molecule has 194 valence electrons. The van der Waals surface area contributed by atoms with E-state index in [4.69, 9.17) is 10.2 Å². The standard InChI is InChI=1S/C25H27FN2O.C4H4O4/c26-20-9-7-17(8-10-20)25(29)6-3-12-28-13-11-18-15-24-22(14-19(18)16-28)21-4-1-2-5-23(21)27-24;5-3(6)1-2-4(7)8/h1-2,4-5,7-10,18-19,27H,3,6,11-16H2;1-2H,(H,5,6)(H,7,8)/b;2-1+/t18-,19-;/m1./s1. The number of carbonyl (C=O) groups is 3. The van der Waals surface area contributed by atoms with Crippen LogP contribution in [0, 0.1) is 17.7 Å². The molecule has 0 spiro atoms. The summed E-state index contributed by atoms with van der Waals surface area (Å²) in [5.41, 5.74) is 4.86. The van der Waals surface area contributed by atoms with E-state index >= 15 is 0 Å². The molecule has 0 bridgehead atoms. The van der Waals surface area contributed by atoms with Gasteiger partial charge in [0.2, 0.25) is 0 Å². The molecule has 3 aromatic rings. The fraction of sp³-hybridized carbons (Fsp3) is 0.345. The monoisotopic (exact) mass is 506 g/mol. The number of Topliss-reactive ketones (excluding diaryl/α,β-unsaturated/α-hetero) is 1. The number of nitrogens with zero attached hydrogens (tertiary/aromatic N) is 1. The maximum atomic E-state index is 13.0. The molecule has 0 saturated carbocycles. The molecule has 1 aromatic heterocycles. The van der Waals surface area contributed by atoms with Crippen molar-refractivity contribution in [3.8, 4) is 0 Å². The van der Waals surface area contributed by atoms with Gasteiger partial charge in [0, 0.05) is 47.3 Å². The maximum absolute atomic E-state index is 13.0. The van der Waals surface area contributed by atoms with Gasteiger partial charge in [0.1, 0.15) is 5.82 Å². The largest absolute Gasteiger partial charge is 0.478 e. The molecule has 0 radical (unpaired) electrons. The third-order valence-corrected chi connectivity index (χ3v) is 7.22. The topological polar surface area (TPSA) is 111 Å². The average molecular weight is 507 g/mol. The predicted molar refractivity (Wildman–Crippen MR) is 138 cm³/mol. The van der Waals surface area contributed by atoms with Crippen LogP contribution < -0.4 is 0 Å². The second kappa shape index (κ2) is 12.0. The summed E-state index contributed by atoms with van der Waals surface area (Å²) in [7, 11) is 0. The summed E-state index contributed by atoms with van der Waals surface area (Å²) in [6.07, 6.45) is 6.09. The normalized spacial score (nSPS) is 19.1. The van der Waals surface area contributed by atoms with Gasteiger partial charge in [-0.05, 0) is 86.5 Å². The highest BCUT2D eigenvalue weighted by Crippen LogP contribution is 2.38. The highest BCUT2D eigenvalue weighted by molar-refractivity contribution is 5.96. The Balaban J connectivity index is 0.000000349. The molecular formula is C29H31FN2O5. The molecule has 2 aliphatic rings. The minimum atomic E-state index is -1.26. The second-order valence-corrected chi connectivity index (χ2v) is 9.69. The lowest BCUT2D eigenvalue weighted by molar-refractivity contribution is -0.134. The first-order valence-electron chi connectivity index (χ1n) is 12.5. The fourth-order valence-corrected chi connectivity index (χ4v) is 5.43. The van der Waals surface area contributed by atoms with E-state index in [0.717, 1.165) is 38.4 Å². The van der Waals surface area contributed by atoms with Gasteiger partial charge in [-0.1, -0.05) is 18.2 Å². The van der Waals surface area contributed by atoms with Gasteiger partial charge in [-0.25, -0.2) is 14.0 Å². The van der Waals surface area contributed by atoms with Gasteiger partial charge in [0.15, 0.2) is 5.78 Å². The number of halogens is 1. The van der Waals surface area contributed by atoms with Crippen molar-refractivity contribution in [1.82, 2.24) is 9.88 Å². The molecule has 0 unspecified atom stereocenters. The SMILES string of the molecule is O=C(CCCN1CC[C@@H]2Cc3[nH]c4ccccc4c3C[C@@H]2C1)c1ccc(F)cc1.O=C(O)/C=C/C(=O)O. The van der Waals surface area contributed by atoms with Crippen LogP contribution in [0.25, 0.3) is 10.9 Å². The molecule has 1 aliphatic carbocycles. The first-order valence-corrected chi connectivity index (χ1v) is 12.5. The predicted octanol–water partition coefficient (Wildman–Crippen LogP) is 4.72. The van der Waals surface area contributed by atoms with E-state index in [-0.39, 0.29) is 11.6 Å². The number of hydrogen-bond acceptors (Lipinski definition) is 4. The number of aromatic amines is 1. The van der Waals surface area contributed by atoms with E-state index in [1.165, 1.54) is 47.1 Å². The molecule has 1 saturated heterocycles. The number of nitrogens with one attached hydrogen (secondary N) is 1. The number of carboxylic acids is 2. The number of para-hydroxylation sites is 1. The third-order valence-electron chi connectivity index (χ3n) is 7.22. The van der Waals surface area contributed by atoms with Crippen LogP contribution in [0.5, 0.6) is 0 Å². The zero-order chi connectivity index (χ0) is 26.4. The number of rotatable bonds is 7. The maximum Gasteiger partial charge on any atom is 0.328 e. The Kier molecular flexibility index (Phi) is 8.50. The number of aliphatic carboxylic acids is 2. The Morgan fingerprint density at radius 2 is 1.68 bits per heavy atom. The Labute approximate surface area is 214 Å². The van der Waals surface area contributed by atoms with Crippen molar-refractivity contribution in [1.29, 1.82) is 0 Å². The molecule has 2 atom stereocenters. The van der Waals surface area contributed by atoms with E-state index in [1.54, 1.807) is 12.1 Å². The number of H-pyrrole nitrogens is 1. The minimum Gasteiger partial charge on any atom is -0.478 e. The third kappa shape index (κ3) is 6.92. The zero-order valence-corrected chi connectivity index (χ0v) is 20.5. The van der Waals surface area contributed by atoms with E-state index in [9.17, 15) is 18.8 Å². The van der Waals surface area contributed by atoms with Crippen molar-refractivity contribution in [3.63, 3.8) is 0 Å². The summed E-state index contributed by atoms with van der Waals surface area (Å²) >= 11 is 0. The highest BCUT2D eigenvalue weighted by Gasteiger charge is 2.34. The van der Waals surface area contributed by atoms with Crippen molar-refractivity contribution in [2.24, 2.45) is 11.8 Å². The van der Waals surface area contributed by atoms with E-state index < -0.39 is 11.9 Å². The van der Waals surface area contributed by atoms with Crippen LogP contribution >= 0.6 is 0 Å². The molecule has 0 amide bonds. The number of fused-ring (bicyclic) bond motifs is 4. The number of ketones is 1. The van der Waals surface area contributed by atoms with E-state index in [0.29, 0.717) is 30.1 Å². The van der Waals surface area contributed by atoms with Crippen LogP contribution in [-0.4, -0.2) is 57.5 Å². The summed E-state index contributed by atoms with van der Waals surface area (Å²) in [5, 5.41) is 17.0. The van der Waals surface area contributed by atoms with Gasteiger partial charge in [-0.3, -0.25) is 4.79 Å². The molecule has 2 heterocycles. The summed E-state index contributed by atoms with van der Waals surface area (Å²) in [4.78, 5) is 37.6. The first-order chi connectivity index (χ1) is 17.8. The van der Waals surface area contributed by atoms with Crippen molar-refractivity contribution in [3.05, 3.63) is 83.3 Å². The lowest BCUT2D eigenvalue weighted by Gasteiger charge is -2.41. The summed E-state index contributed by atoms with van der Waals surface area (Å²) in [5.74, 6) is -1.22. The quantitative estimate of drug-likeness (QED) is 0.316. The molecular weight excluding hydrogens is 475 g/mol. The van der Waals surface area contributed by atoms with Gasteiger partial charge in [0.25, 0.3) is 0 Å². The number of carboxylic acid groups (broad SMARTS) is 2. The Hall–Kier alpha value is -3.78. The minimum absolute atomic E-state index is 0.112. The lowest BCUT2D eigenvalue weighted by atomic mass is 9.74. The average Bonchev–Trinajstić information content (AvgIpc) is 3.24. The fourth-order valence-electron chi connectivity index (χ4n) is 5.43. The molecule has 2 aromatic carbocycles. The van der Waals surface area contributed by atoms with E-state index in [2.05, 4.69) is 34.1 Å². The van der Waals surface area contributed by atoms with E-state index in [1.807, 2.05) is 0 Å². The van der Waals surface area contributed by atoms with Crippen molar-refractivity contribution >= 4 is 28.6 Å². The number of hydrogen-bond donors (Lipinski definition) is 3. The Morgan fingerprint density at radius 3 is 2.38 bits per heavy atom. The van der Waals surface area contributed by atoms with Crippen LogP contribution in [0.3, 0.4) is 0 Å². The number of benzene rings is 2. The molecule has 7 nitrogen and oxygen atoms in total. The van der Waals surface area contributed by atoms with Crippen LogP contribution in [0.2, 0.25) is 0 Å². The second-order valence-electron chi connectivity index (χ2n) is 9.69. The van der Waals surface area contributed by atoms with Gasteiger partial charge < -0.3 is 20.1 Å². The van der Waals surface area contributed by atoms with Crippen molar-refractivity contribution in [2.45, 2.75) is 32.1 Å². The summed E-state index contributed by atoms with van der Waals surface area (Å²) < 4.78 is 13.0. The number of piperidine rings is 1. The van der Waals surface area contributed by atoms with Crippen molar-refractivity contribution in [2.75, 3.05) is 19.6 Å². The molecule has 1 fully saturated rings. The van der Waals surface area contributed by atoms with Crippen LogP contribution in [0.15, 0.2) is 60.7 Å². The molecule has 5 rings (SSSR count).